The summed E-state index contributed by atoms with van der Waals surface area (Å²) in [5, 5.41) is 4.85. The van der Waals surface area contributed by atoms with Gasteiger partial charge in [-0.05, 0) is 26.2 Å². The molecule has 86 valence electrons. The molecule has 1 aromatic heterocycles. The van der Waals surface area contributed by atoms with Gasteiger partial charge in [-0.3, -0.25) is 4.90 Å². The molecule has 0 aliphatic carbocycles. The standard InChI is InChI=1S/C8H15N3O3S/c1-11(2)7(6-10-15(9,12)13)8-4-3-5-14-8/h3-5,7,10H,6H2,1-2H3,(H2,9,12,13). The fourth-order valence-corrected chi connectivity index (χ4v) is 1.60. The zero-order chi connectivity index (χ0) is 11.5. The van der Waals surface area contributed by atoms with Crippen LogP contribution in [-0.2, 0) is 10.2 Å². The van der Waals surface area contributed by atoms with Crippen LogP contribution in [0.4, 0.5) is 0 Å². The van der Waals surface area contributed by atoms with Gasteiger partial charge in [0.1, 0.15) is 5.76 Å². The molecule has 3 N–H and O–H groups in total. The molecule has 0 aliphatic heterocycles. The summed E-state index contributed by atoms with van der Waals surface area (Å²) in [6, 6.07) is 3.37. The SMILES string of the molecule is CN(C)C(CNS(N)(=O)=O)c1ccco1. The van der Waals surface area contributed by atoms with E-state index in [1.165, 1.54) is 0 Å². The third-order valence-electron chi connectivity index (χ3n) is 1.97. The molecule has 1 heterocycles. The first kappa shape index (κ1) is 12.2. The van der Waals surface area contributed by atoms with E-state index in [1.807, 2.05) is 19.0 Å². The number of nitrogens with one attached hydrogen (secondary N) is 1. The van der Waals surface area contributed by atoms with Crippen molar-refractivity contribution < 1.29 is 12.8 Å². The first-order chi connectivity index (χ1) is 6.90. The summed E-state index contributed by atoms with van der Waals surface area (Å²) in [6.45, 7) is 0.180. The van der Waals surface area contributed by atoms with Crippen molar-refractivity contribution in [3.05, 3.63) is 24.2 Å². The van der Waals surface area contributed by atoms with E-state index in [2.05, 4.69) is 4.72 Å². The smallest absolute Gasteiger partial charge is 0.274 e. The molecule has 0 amide bonds. The van der Waals surface area contributed by atoms with Crippen molar-refractivity contribution in [1.29, 1.82) is 0 Å². The molecule has 0 radical (unpaired) electrons. The second-order valence-corrected chi connectivity index (χ2v) is 4.77. The van der Waals surface area contributed by atoms with Crippen molar-refractivity contribution >= 4 is 10.2 Å². The van der Waals surface area contributed by atoms with E-state index < -0.39 is 10.2 Å². The van der Waals surface area contributed by atoms with Crippen LogP contribution in [0, 0.1) is 0 Å². The van der Waals surface area contributed by atoms with E-state index in [-0.39, 0.29) is 12.6 Å². The van der Waals surface area contributed by atoms with Gasteiger partial charge in [0, 0.05) is 6.54 Å². The summed E-state index contributed by atoms with van der Waals surface area (Å²) >= 11 is 0. The minimum Gasteiger partial charge on any atom is -0.468 e. The molecule has 0 spiro atoms. The molecule has 1 atom stereocenters. The third-order valence-corrected chi connectivity index (χ3v) is 2.54. The van der Waals surface area contributed by atoms with Crippen molar-refractivity contribution in [2.24, 2.45) is 5.14 Å². The van der Waals surface area contributed by atoms with Gasteiger partial charge >= 0.3 is 0 Å². The van der Waals surface area contributed by atoms with Gasteiger partial charge in [0.25, 0.3) is 10.2 Å². The molecule has 0 bridgehead atoms. The zero-order valence-corrected chi connectivity index (χ0v) is 9.49. The van der Waals surface area contributed by atoms with Gasteiger partial charge in [0.15, 0.2) is 0 Å². The summed E-state index contributed by atoms with van der Waals surface area (Å²) in [5.74, 6) is 0.691. The van der Waals surface area contributed by atoms with Crippen LogP contribution in [0.5, 0.6) is 0 Å². The number of furan rings is 1. The predicted octanol–water partition coefficient (Wildman–Crippen LogP) is -0.325. The Kier molecular flexibility index (Phi) is 3.86. The number of rotatable bonds is 5. The molecule has 6 nitrogen and oxygen atoms in total. The second-order valence-electron chi connectivity index (χ2n) is 3.39. The monoisotopic (exact) mass is 233 g/mol. The van der Waals surface area contributed by atoms with E-state index in [9.17, 15) is 8.42 Å². The Morgan fingerprint density at radius 1 is 1.60 bits per heavy atom. The molecule has 0 saturated carbocycles. The maximum Gasteiger partial charge on any atom is 0.274 e. The van der Waals surface area contributed by atoms with Crippen LogP contribution >= 0.6 is 0 Å². The van der Waals surface area contributed by atoms with Crippen LogP contribution in [0.1, 0.15) is 11.8 Å². The molecule has 1 aromatic rings. The van der Waals surface area contributed by atoms with Crippen molar-refractivity contribution in [3.8, 4) is 0 Å². The van der Waals surface area contributed by atoms with Crippen LogP contribution in [-0.4, -0.2) is 34.0 Å². The van der Waals surface area contributed by atoms with E-state index in [0.717, 1.165) is 0 Å². The lowest BCUT2D eigenvalue weighted by molar-refractivity contribution is 0.259. The van der Waals surface area contributed by atoms with Gasteiger partial charge in [-0.1, -0.05) is 0 Å². The Bertz CT molecular complexity index is 385. The van der Waals surface area contributed by atoms with Gasteiger partial charge in [-0.25, -0.2) is 9.86 Å². The minimum atomic E-state index is -3.66. The van der Waals surface area contributed by atoms with E-state index in [4.69, 9.17) is 9.56 Å². The van der Waals surface area contributed by atoms with Gasteiger partial charge in [0.05, 0.1) is 12.3 Å². The Balaban J connectivity index is 2.69. The molecule has 1 unspecified atom stereocenters. The summed E-state index contributed by atoms with van der Waals surface area (Å²) in [5.41, 5.74) is 0. The number of nitrogens with two attached hydrogens (primary N) is 1. The molecular formula is C8H15N3O3S. The van der Waals surface area contributed by atoms with Gasteiger partial charge in [0.2, 0.25) is 0 Å². The zero-order valence-electron chi connectivity index (χ0n) is 8.67. The fraction of sp³-hybridized carbons (Fsp3) is 0.500. The summed E-state index contributed by atoms with van der Waals surface area (Å²) in [4.78, 5) is 1.84. The highest BCUT2D eigenvalue weighted by Gasteiger charge is 2.18. The number of likely N-dealkylation sites (N-methyl/N-ethyl adjacent to an activating group) is 1. The number of nitrogens with zero attached hydrogens (tertiary/aromatic N) is 1. The van der Waals surface area contributed by atoms with Gasteiger partial charge < -0.3 is 4.42 Å². The molecule has 1 rings (SSSR count). The number of hydrogen-bond acceptors (Lipinski definition) is 4. The summed E-state index contributed by atoms with van der Waals surface area (Å²) in [6.07, 6.45) is 1.54. The largest absolute Gasteiger partial charge is 0.468 e. The second kappa shape index (κ2) is 4.75. The summed E-state index contributed by atoms with van der Waals surface area (Å²) < 4.78 is 28.9. The maximum atomic E-state index is 10.7. The van der Waals surface area contributed by atoms with Gasteiger partial charge in [-0.15, -0.1) is 0 Å². The lowest BCUT2D eigenvalue weighted by Crippen LogP contribution is -2.37. The highest BCUT2D eigenvalue weighted by atomic mass is 32.2. The Hall–Kier alpha value is -0.890. The van der Waals surface area contributed by atoms with Crippen molar-refractivity contribution in [2.45, 2.75) is 6.04 Å². The normalized spacial score (nSPS) is 14.4. The summed E-state index contributed by atoms with van der Waals surface area (Å²) in [7, 11) is 0.000593. The Morgan fingerprint density at radius 3 is 2.67 bits per heavy atom. The molecule has 7 heteroatoms. The van der Waals surface area contributed by atoms with Crippen LogP contribution in [0.2, 0.25) is 0 Å². The number of hydrogen-bond donors (Lipinski definition) is 2. The van der Waals surface area contributed by atoms with Crippen LogP contribution < -0.4 is 9.86 Å². The lowest BCUT2D eigenvalue weighted by atomic mass is 10.2. The predicted molar refractivity (Wildman–Crippen MR) is 56.2 cm³/mol. The fourth-order valence-electron chi connectivity index (χ4n) is 1.21. The van der Waals surface area contributed by atoms with Crippen molar-refractivity contribution in [2.75, 3.05) is 20.6 Å². The molecule has 0 saturated heterocycles. The average Bonchev–Trinajstić information content (AvgIpc) is 2.54. The van der Waals surface area contributed by atoms with E-state index >= 15 is 0 Å². The molecule has 0 aromatic carbocycles. The maximum absolute atomic E-state index is 10.7. The average molecular weight is 233 g/mol. The van der Waals surface area contributed by atoms with Crippen molar-refractivity contribution in [3.63, 3.8) is 0 Å². The van der Waals surface area contributed by atoms with Crippen LogP contribution in [0.3, 0.4) is 0 Å². The Labute approximate surface area is 89.2 Å². The highest BCUT2D eigenvalue weighted by molar-refractivity contribution is 7.87. The van der Waals surface area contributed by atoms with E-state index in [0.29, 0.717) is 5.76 Å². The van der Waals surface area contributed by atoms with Crippen molar-refractivity contribution in [1.82, 2.24) is 9.62 Å². The third kappa shape index (κ3) is 4.00. The Morgan fingerprint density at radius 2 is 2.27 bits per heavy atom. The van der Waals surface area contributed by atoms with Gasteiger partial charge in [-0.2, -0.15) is 8.42 Å². The highest BCUT2D eigenvalue weighted by Crippen LogP contribution is 2.17. The molecule has 15 heavy (non-hydrogen) atoms. The lowest BCUT2D eigenvalue weighted by Gasteiger charge is -2.21. The first-order valence-corrected chi connectivity index (χ1v) is 5.92. The first-order valence-electron chi connectivity index (χ1n) is 4.37. The molecular weight excluding hydrogens is 218 g/mol. The van der Waals surface area contributed by atoms with Crippen LogP contribution in [0.25, 0.3) is 0 Å². The minimum absolute atomic E-state index is 0.168. The molecule has 0 fully saturated rings. The molecule has 0 aliphatic rings. The topological polar surface area (TPSA) is 88.6 Å². The quantitative estimate of drug-likeness (QED) is 0.729. The van der Waals surface area contributed by atoms with E-state index in [1.54, 1.807) is 18.4 Å². The van der Waals surface area contributed by atoms with Crippen LogP contribution in [0.15, 0.2) is 22.8 Å².